The molecule has 1 aromatic heterocycles. The predicted molar refractivity (Wildman–Crippen MR) is 217 cm³/mol. The Bertz CT molecular complexity index is 2990. The van der Waals surface area contributed by atoms with E-state index in [1.807, 2.05) is 6.07 Å². The van der Waals surface area contributed by atoms with Gasteiger partial charge in [-0.3, -0.25) is 4.57 Å². The quantitative estimate of drug-likeness (QED) is 0.175. The number of imidazole rings is 1. The van der Waals surface area contributed by atoms with E-state index in [1.165, 1.54) is 54.9 Å². The van der Waals surface area contributed by atoms with Gasteiger partial charge in [0, 0.05) is 16.7 Å². The van der Waals surface area contributed by atoms with Crippen molar-refractivity contribution >= 4 is 49.6 Å². The first-order chi connectivity index (χ1) is 26.0. The Morgan fingerprint density at radius 2 is 1.13 bits per heavy atom. The van der Waals surface area contributed by atoms with Gasteiger partial charge in [-0.15, -0.1) is 0 Å². The fourth-order valence-corrected chi connectivity index (χ4v) is 9.16. The Morgan fingerprint density at radius 1 is 0.547 bits per heavy atom. The van der Waals surface area contributed by atoms with Crippen LogP contribution < -0.4 is 4.90 Å². The molecule has 1 aliphatic carbocycles. The van der Waals surface area contributed by atoms with Crippen LogP contribution in [0.25, 0.3) is 71.9 Å². The highest BCUT2D eigenvalue weighted by Gasteiger charge is 2.36. The van der Waals surface area contributed by atoms with Crippen LogP contribution in [0.3, 0.4) is 0 Å². The summed E-state index contributed by atoms with van der Waals surface area (Å²) in [5.41, 5.74) is 15.5. The molecule has 53 heavy (non-hydrogen) atoms. The second kappa shape index (κ2) is 10.8. The van der Waals surface area contributed by atoms with Crippen molar-refractivity contribution in [3.63, 3.8) is 0 Å². The molecule has 248 valence electrons. The number of hydrogen-bond acceptors (Lipinski definition) is 3. The first kappa shape index (κ1) is 29.7. The van der Waals surface area contributed by atoms with Crippen LogP contribution in [-0.2, 0) is 5.41 Å². The summed E-state index contributed by atoms with van der Waals surface area (Å²) in [7, 11) is 0. The standard InChI is InChI=1S/C49H32N4/c1-49(2)39-27-30(29-50)23-25-33(39)34-26-24-31(28-40(34)49)45-35-15-6-8-17-37(35)46(38-18-9-7-16-36(38)45)48-51-41-19-12-22-44-47(41)53(48)43-21-11-10-20-42(43)52(44)32-13-4-3-5-14-32/h3-28H,1-2H3. The summed E-state index contributed by atoms with van der Waals surface area (Å²) in [5, 5.41) is 14.4. The minimum absolute atomic E-state index is 0.240. The van der Waals surface area contributed by atoms with Crippen molar-refractivity contribution < 1.29 is 0 Å². The molecular formula is C49H32N4. The third-order valence-electron chi connectivity index (χ3n) is 11.5. The molecule has 8 aromatic carbocycles. The number of fused-ring (bicyclic) bond motifs is 7. The first-order valence-corrected chi connectivity index (χ1v) is 18.1. The molecule has 0 fully saturated rings. The van der Waals surface area contributed by atoms with Crippen molar-refractivity contribution in [1.29, 1.82) is 5.26 Å². The third kappa shape index (κ3) is 4.02. The number of hydrogen-bond donors (Lipinski definition) is 0. The molecule has 0 spiro atoms. The average Bonchev–Trinajstić information content (AvgIpc) is 3.70. The lowest BCUT2D eigenvalue weighted by Gasteiger charge is -2.33. The van der Waals surface area contributed by atoms with Crippen LogP contribution >= 0.6 is 0 Å². The Kier molecular flexibility index (Phi) is 6.05. The van der Waals surface area contributed by atoms with E-state index in [2.05, 4.69) is 181 Å². The van der Waals surface area contributed by atoms with Gasteiger partial charge in [0.1, 0.15) is 5.82 Å². The average molecular weight is 677 g/mol. The van der Waals surface area contributed by atoms with Crippen molar-refractivity contribution in [2.24, 2.45) is 0 Å². The molecule has 4 nitrogen and oxygen atoms in total. The lowest BCUT2D eigenvalue weighted by atomic mass is 9.80. The van der Waals surface area contributed by atoms with Gasteiger partial charge in [-0.1, -0.05) is 117 Å². The normalized spacial score (nSPS) is 13.6. The van der Waals surface area contributed by atoms with E-state index in [0.717, 1.165) is 45.2 Å². The third-order valence-corrected chi connectivity index (χ3v) is 11.5. The second-order valence-corrected chi connectivity index (χ2v) is 14.7. The number of para-hydroxylation sites is 4. The monoisotopic (exact) mass is 676 g/mol. The summed E-state index contributed by atoms with van der Waals surface area (Å²) in [5.74, 6) is 0.936. The van der Waals surface area contributed by atoms with Crippen LogP contribution in [0.2, 0.25) is 0 Å². The molecule has 11 rings (SSSR count). The Balaban J connectivity index is 1.20. The lowest BCUT2D eigenvalue weighted by molar-refractivity contribution is 0.660. The highest BCUT2D eigenvalue weighted by molar-refractivity contribution is 6.22. The summed E-state index contributed by atoms with van der Waals surface area (Å²) in [6, 6.07) is 58.8. The molecule has 2 aliphatic rings. The zero-order valence-electron chi connectivity index (χ0n) is 29.3. The highest BCUT2D eigenvalue weighted by atomic mass is 15.2. The Morgan fingerprint density at radius 3 is 1.83 bits per heavy atom. The summed E-state index contributed by atoms with van der Waals surface area (Å²) in [6.45, 7) is 4.56. The molecular weight excluding hydrogens is 645 g/mol. The van der Waals surface area contributed by atoms with Gasteiger partial charge in [0.25, 0.3) is 0 Å². The van der Waals surface area contributed by atoms with Crippen molar-refractivity contribution in [3.8, 4) is 45.4 Å². The molecule has 2 heterocycles. The van der Waals surface area contributed by atoms with E-state index in [0.29, 0.717) is 5.56 Å². The molecule has 0 atom stereocenters. The van der Waals surface area contributed by atoms with Crippen LogP contribution in [0.15, 0.2) is 158 Å². The SMILES string of the molecule is CC1(C)c2cc(C#N)ccc2-c2ccc(-c3c4ccccc4c(-c4nc5cccc6c5n4-c4ccccc4N6c4ccccc4)c4ccccc34)cc21. The van der Waals surface area contributed by atoms with Crippen LogP contribution in [0.1, 0.15) is 30.5 Å². The van der Waals surface area contributed by atoms with Crippen molar-refractivity contribution in [2.75, 3.05) is 4.90 Å². The molecule has 0 unspecified atom stereocenters. The molecule has 0 radical (unpaired) electrons. The van der Waals surface area contributed by atoms with E-state index < -0.39 is 0 Å². The van der Waals surface area contributed by atoms with E-state index in [4.69, 9.17) is 4.98 Å². The van der Waals surface area contributed by atoms with Gasteiger partial charge >= 0.3 is 0 Å². The van der Waals surface area contributed by atoms with Gasteiger partial charge in [-0.2, -0.15) is 5.26 Å². The summed E-state index contributed by atoms with van der Waals surface area (Å²) < 4.78 is 2.39. The predicted octanol–water partition coefficient (Wildman–Crippen LogP) is 12.6. The van der Waals surface area contributed by atoms with Crippen molar-refractivity contribution in [1.82, 2.24) is 9.55 Å². The smallest absolute Gasteiger partial charge is 0.147 e. The number of aromatic nitrogens is 2. The minimum atomic E-state index is -0.240. The highest BCUT2D eigenvalue weighted by Crippen LogP contribution is 2.53. The number of nitrogens with zero attached hydrogens (tertiary/aromatic N) is 4. The van der Waals surface area contributed by atoms with Gasteiger partial charge < -0.3 is 4.90 Å². The number of nitriles is 1. The number of rotatable bonds is 3. The topological polar surface area (TPSA) is 44.9 Å². The molecule has 4 heteroatoms. The summed E-state index contributed by atoms with van der Waals surface area (Å²) in [6.07, 6.45) is 0. The molecule has 0 saturated heterocycles. The fourth-order valence-electron chi connectivity index (χ4n) is 9.16. The fraction of sp³-hybridized carbons (Fsp3) is 0.0612. The van der Waals surface area contributed by atoms with Crippen LogP contribution in [0.5, 0.6) is 0 Å². The molecule has 0 amide bonds. The molecule has 0 N–H and O–H groups in total. The molecule has 1 aliphatic heterocycles. The zero-order valence-corrected chi connectivity index (χ0v) is 29.3. The number of benzene rings is 8. The molecule has 0 bridgehead atoms. The zero-order chi connectivity index (χ0) is 35.4. The lowest BCUT2D eigenvalue weighted by Crippen LogP contribution is -2.18. The van der Waals surface area contributed by atoms with E-state index in [9.17, 15) is 5.26 Å². The van der Waals surface area contributed by atoms with E-state index >= 15 is 0 Å². The van der Waals surface area contributed by atoms with Crippen LogP contribution in [-0.4, -0.2) is 9.55 Å². The number of anilines is 3. The van der Waals surface area contributed by atoms with Gasteiger partial charge in [0.2, 0.25) is 0 Å². The van der Waals surface area contributed by atoms with Gasteiger partial charge in [0.15, 0.2) is 0 Å². The van der Waals surface area contributed by atoms with Crippen LogP contribution in [0.4, 0.5) is 17.1 Å². The summed E-state index contributed by atoms with van der Waals surface area (Å²) in [4.78, 5) is 7.86. The van der Waals surface area contributed by atoms with Crippen molar-refractivity contribution in [3.05, 3.63) is 174 Å². The Labute approximate surface area is 307 Å². The van der Waals surface area contributed by atoms with Crippen molar-refractivity contribution in [2.45, 2.75) is 19.3 Å². The van der Waals surface area contributed by atoms with Gasteiger partial charge in [-0.25, -0.2) is 4.98 Å². The molecule has 0 saturated carbocycles. The van der Waals surface area contributed by atoms with Crippen LogP contribution in [0, 0.1) is 11.3 Å². The van der Waals surface area contributed by atoms with Gasteiger partial charge in [-0.05, 0) is 110 Å². The molecule has 9 aromatic rings. The maximum Gasteiger partial charge on any atom is 0.147 e. The minimum Gasteiger partial charge on any atom is -0.306 e. The first-order valence-electron chi connectivity index (χ1n) is 18.1. The maximum absolute atomic E-state index is 9.69. The van der Waals surface area contributed by atoms with Gasteiger partial charge in [0.05, 0.1) is 39.7 Å². The van der Waals surface area contributed by atoms with E-state index in [1.54, 1.807) is 0 Å². The Hall–Kier alpha value is -6.96. The largest absolute Gasteiger partial charge is 0.306 e. The van der Waals surface area contributed by atoms with E-state index in [-0.39, 0.29) is 5.41 Å². The maximum atomic E-state index is 9.69. The second-order valence-electron chi connectivity index (χ2n) is 14.7. The summed E-state index contributed by atoms with van der Waals surface area (Å²) >= 11 is 0.